The Morgan fingerprint density at radius 2 is 2.03 bits per heavy atom. The third kappa shape index (κ3) is 4.24. The van der Waals surface area contributed by atoms with Crippen LogP contribution in [0, 0.1) is 5.92 Å². The van der Waals surface area contributed by atoms with Gasteiger partial charge >= 0.3 is 0 Å². The van der Waals surface area contributed by atoms with Crippen molar-refractivity contribution in [2.75, 3.05) is 0 Å². The summed E-state index contributed by atoms with van der Waals surface area (Å²) >= 11 is 0. The number of aromatic hydroxyl groups is 1. The van der Waals surface area contributed by atoms with Gasteiger partial charge in [-0.15, -0.1) is 0 Å². The van der Waals surface area contributed by atoms with E-state index in [1.165, 1.54) is 31.3 Å². The fraction of sp³-hybridized carbons (Fsp3) is 0.615. The van der Waals surface area contributed by atoms with Crippen molar-refractivity contribution in [1.82, 2.24) is 15.4 Å². The lowest BCUT2D eigenvalue weighted by Crippen LogP contribution is -2.45. The molecule has 0 fully saturated rings. The Morgan fingerprint density at radius 1 is 1.23 bits per heavy atom. The van der Waals surface area contributed by atoms with Crippen molar-refractivity contribution in [2.45, 2.75) is 96.5 Å². The number of phenolic OH excluding ortho intramolecular Hbond substituents is 1. The Morgan fingerprint density at radius 3 is 2.74 bits per heavy atom. The van der Waals surface area contributed by atoms with Gasteiger partial charge in [-0.05, 0) is 61.8 Å². The van der Waals surface area contributed by atoms with Crippen molar-refractivity contribution >= 4 is 5.57 Å². The van der Waals surface area contributed by atoms with Gasteiger partial charge in [-0.1, -0.05) is 52.5 Å². The Bertz CT molecular complexity index is 944. The molecule has 2 atom stereocenters. The molecule has 2 aromatic rings. The Labute approximate surface area is 186 Å². The molecule has 0 spiro atoms. The number of rotatable bonds is 7. The lowest BCUT2D eigenvalue weighted by atomic mass is 9.66. The number of hydrogen-bond donors (Lipinski definition) is 2. The summed E-state index contributed by atoms with van der Waals surface area (Å²) in [6.45, 7) is 11.2. The maximum atomic E-state index is 11.2. The molecule has 1 aliphatic carbocycles. The Balaban J connectivity index is 1.66. The molecule has 1 aromatic heterocycles. The number of fused-ring (bicyclic) bond motifs is 3. The van der Waals surface area contributed by atoms with Crippen LogP contribution in [-0.2, 0) is 5.41 Å². The molecule has 168 valence electrons. The van der Waals surface area contributed by atoms with Gasteiger partial charge in [-0.3, -0.25) is 0 Å². The predicted molar refractivity (Wildman–Crippen MR) is 124 cm³/mol. The third-order valence-corrected chi connectivity index (χ3v) is 7.48. The second kappa shape index (κ2) is 8.33. The zero-order valence-electron chi connectivity index (χ0n) is 19.7. The van der Waals surface area contributed by atoms with E-state index >= 15 is 0 Å². The molecule has 1 aromatic carbocycles. The van der Waals surface area contributed by atoms with Gasteiger partial charge in [0.15, 0.2) is 0 Å². The molecule has 1 unspecified atom stereocenters. The highest BCUT2D eigenvalue weighted by atomic mass is 16.5. The first-order valence-electron chi connectivity index (χ1n) is 11.8. The third-order valence-electron chi connectivity index (χ3n) is 7.48. The SMILES string of the molecule is CCCCCCC(C)(C)c1cc(O)c2c(c1)OC(C)(C)C1CC=C(c3cn[nH]n3)C[C@@H]21. The van der Waals surface area contributed by atoms with E-state index in [2.05, 4.69) is 62.2 Å². The molecule has 31 heavy (non-hydrogen) atoms. The summed E-state index contributed by atoms with van der Waals surface area (Å²) in [6, 6.07) is 4.19. The van der Waals surface area contributed by atoms with Gasteiger partial charge in [0.1, 0.15) is 22.8 Å². The molecule has 5 nitrogen and oxygen atoms in total. The van der Waals surface area contributed by atoms with Gasteiger partial charge in [0.25, 0.3) is 0 Å². The zero-order valence-corrected chi connectivity index (χ0v) is 19.7. The second-order valence-corrected chi connectivity index (χ2v) is 10.5. The van der Waals surface area contributed by atoms with Crippen molar-refractivity contribution in [3.63, 3.8) is 0 Å². The summed E-state index contributed by atoms with van der Waals surface area (Å²) in [6.07, 6.45) is 11.9. The zero-order chi connectivity index (χ0) is 22.2. The van der Waals surface area contributed by atoms with Crippen molar-refractivity contribution in [3.05, 3.63) is 41.2 Å². The minimum atomic E-state index is -0.292. The van der Waals surface area contributed by atoms with Gasteiger partial charge in [0.05, 0.1) is 6.20 Å². The van der Waals surface area contributed by atoms with Crippen molar-refractivity contribution in [3.8, 4) is 11.5 Å². The summed E-state index contributed by atoms with van der Waals surface area (Å²) in [7, 11) is 0. The number of aromatic amines is 1. The smallest absolute Gasteiger partial charge is 0.127 e. The molecule has 2 N–H and O–H groups in total. The minimum Gasteiger partial charge on any atom is -0.508 e. The maximum Gasteiger partial charge on any atom is 0.127 e. The number of benzene rings is 1. The van der Waals surface area contributed by atoms with Crippen LogP contribution in [-0.4, -0.2) is 26.1 Å². The highest BCUT2D eigenvalue weighted by Crippen LogP contribution is 2.55. The predicted octanol–water partition coefficient (Wildman–Crippen LogP) is 6.51. The van der Waals surface area contributed by atoms with E-state index in [0.717, 1.165) is 41.8 Å². The molecule has 0 bridgehead atoms. The first-order valence-corrected chi connectivity index (χ1v) is 11.8. The highest BCUT2D eigenvalue weighted by Gasteiger charge is 2.46. The first-order chi connectivity index (χ1) is 14.7. The van der Waals surface area contributed by atoms with E-state index in [9.17, 15) is 5.11 Å². The molecular formula is C26H37N3O2. The standard InChI is InChI=1S/C26H37N3O2/c1-6-7-8-9-12-25(2,3)18-14-22(30)24-19-13-17(21-16-27-29-28-21)10-11-20(19)26(4,5)31-23(24)15-18/h10,14-16,19-20,30H,6-9,11-13H2,1-5H3,(H,27,28,29)/t19-,20?/m1/s1. The molecule has 0 amide bonds. The fourth-order valence-electron chi connectivity index (χ4n) is 5.49. The van der Waals surface area contributed by atoms with E-state index in [4.69, 9.17) is 4.74 Å². The van der Waals surface area contributed by atoms with Crippen LogP contribution < -0.4 is 4.74 Å². The van der Waals surface area contributed by atoms with Crippen LogP contribution in [0.15, 0.2) is 24.4 Å². The Kier molecular flexibility index (Phi) is 5.89. The normalized spacial score (nSPS) is 22.3. The van der Waals surface area contributed by atoms with E-state index in [1.54, 1.807) is 6.20 Å². The lowest BCUT2D eigenvalue weighted by Gasteiger charge is -2.47. The number of hydrogen-bond acceptors (Lipinski definition) is 4. The maximum absolute atomic E-state index is 11.2. The number of unbranched alkanes of at least 4 members (excludes halogenated alkanes) is 3. The molecule has 0 saturated carbocycles. The molecule has 2 heterocycles. The summed E-state index contributed by atoms with van der Waals surface area (Å²) in [5, 5.41) is 22.2. The van der Waals surface area contributed by atoms with Crippen LogP contribution in [0.3, 0.4) is 0 Å². The number of nitrogens with zero attached hydrogens (tertiary/aromatic N) is 2. The second-order valence-electron chi connectivity index (χ2n) is 10.5. The van der Waals surface area contributed by atoms with Gasteiger partial charge in [-0.2, -0.15) is 15.4 Å². The lowest BCUT2D eigenvalue weighted by molar-refractivity contribution is 0.00908. The fourth-order valence-corrected chi connectivity index (χ4v) is 5.49. The van der Waals surface area contributed by atoms with Gasteiger partial charge in [0, 0.05) is 17.4 Å². The van der Waals surface area contributed by atoms with E-state index in [-0.39, 0.29) is 16.9 Å². The molecule has 5 heteroatoms. The highest BCUT2D eigenvalue weighted by molar-refractivity contribution is 5.66. The monoisotopic (exact) mass is 423 g/mol. The number of ether oxygens (including phenoxy) is 1. The molecule has 1 aliphatic heterocycles. The van der Waals surface area contributed by atoms with Gasteiger partial charge < -0.3 is 9.84 Å². The van der Waals surface area contributed by atoms with Crippen molar-refractivity contribution < 1.29 is 9.84 Å². The molecule has 2 aliphatic rings. The summed E-state index contributed by atoms with van der Waals surface area (Å²) in [5.41, 5.74) is 3.93. The van der Waals surface area contributed by atoms with Crippen molar-refractivity contribution in [2.24, 2.45) is 5.92 Å². The number of phenols is 1. The average Bonchev–Trinajstić information content (AvgIpc) is 3.25. The Hall–Kier alpha value is -2.30. The first kappa shape index (κ1) is 21.9. The summed E-state index contributed by atoms with van der Waals surface area (Å²) in [5.74, 6) is 1.75. The van der Waals surface area contributed by atoms with E-state index in [0.29, 0.717) is 11.7 Å². The topological polar surface area (TPSA) is 71.0 Å². The van der Waals surface area contributed by atoms with Crippen LogP contribution in [0.25, 0.3) is 5.57 Å². The van der Waals surface area contributed by atoms with Crippen LogP contribution in [0.2, 0.25) is 0 Å². The molecule has 4 rings (SSSR count). The minimum absolute atomic E-state index is 0.00292. The van der Waals surface area contributed by atoms with Gasteiger partial charge in [0.2, 0.25) is 0 Å². The largest absolute Gasteiger partial charge is 0.508 e. The summed E-state index contributed by atoms with van der Waals surface area (Å²) in [4.78, 5) is 0. The van der Waals surface area contributed by atoms with Gasteiger partial charge in [-0.25, -0.2) is 0 Å². The van der Waals surface area contributed by atoms with Crippen LogP contribution in [0.1, 0.15) is 102 Å². The van der Waals surface area contributed by atoms with Crippen LogP contribution in [0.4, 0.5) is 0 Å². The average molecular weight is 424 g/mol. The number of allylic oxidation sites excluding steroid dienone is 2. The quantitative estimate of drug-likeness (QED) is 0.498. The van der Waals surface area contributed by atoms with E-state index < -0.39 is 0 Å². The molecular weight excluding hydrogens is 386 g/mol. The van der Waals surface area contributed by atoms with Crippen molar-refractivity contribution in [1.29, 1.82) is 0 Å². The number of H-pyrrole nitrogens is 1. The van der Waals surface area contributed by atoms with E-state index in [1.807, 2.05) is 6.07 Å². The van der Waals surface area contributed by atoms with Crippen LogP contribution >= 0.6 is 0 Å². The molecule has 0 radical (unpaired) electrons. The molecule has 0 saturated heterocycles. The number of aromatic nitrogens is 3. The summed E-state index contributed by atoms with van der Waals surface area (Å²) < 4.78 is 6.55. The van der Waals surface area contributed by atoms with Crippen LogP contribution in [0.5, 0.6) is 11.5 Å². The number of nitrogens with one attached hydrogen (secondary N) is 1.